The zero-order valence-electron chi connectivity index (χ0n) is 7.32. The number of carbonyl (C=O) groups excluding carboxylic acids is 2. The molecule has 5 nitrogen and oxygen atoms in total. The number of aliphatic hydroxyl groups excluding tert-OH is 1. The highest BCUT2D eigenvalue weighted by Crippen LogP contribution is 2.00. The molecule has 72 valence electrons. The molecule has 0 saturated carbocycles. The molecule has 0 heterocycles. The number of nitrogens with zero attached hydrogens (tertiary/aromatic N) is 1. The Morgan fingerprint density at radius 3 is 2.69 bits per heavy atom. The van der Waals surface area contributed by atoms with Crippen LogP contribution in [0.15, 0.2) is 0 Å². The molecule has 0 aromatic heterocycles. The summed E-state index contributed by atoms with van der Waals surface area (Å²) in [5, 5.41) is 17.2. The standard InChI is InChI=1S/C8H11NO4/c1-13-8(12)5-7(11)4-6(10)2-3-9/h6,10H,2,4-5H2,1H3/t6-/m0/s1. The number of carbonyl (C=O) groups is 2. The Balaban J connectivity index is 3.75. The second kappa shape index (κ2) is 6.14. The van der Waals surface area contributed by atoms with Gasteiger partial charge in [-0.2, -0.15) is 5.26 Å². The SMILES string of the molecule is COC(=O)CC(=O)C[C@@H](O)CC#N. The van der Waals surface area contributed by atoms with E-state index < -0.39 is 17.9 Å². The molecule has 0 amide bonds. The van der Waals surface area contributed by atoms with Gasteiger partial charge in [0.1, 0.15) is 12.2 Å². The summed E-state index contributed by atoms with van der Waals surface area (Å²) in [6.07, 6.45) is -1.61. The minimum absolute atomic E-state index is 0.104. The van der Waals surface area contributed by atoms with Gasteiger partial charge in [0.2, 0.25) is 0 Å². The molecule has 0 spiro atoms. The number of ketones is 1. The molecule has 0 bridgehead atoms. The van der Waals surface area contributed by atoms with Gasteiger partial charge < -0.3 is 9.84 Å². The number of methoxy groups -OCH3 is 1. The third-order valence-corrected chi connectivity index (χ3v) is 1.36. The third-order valence-electron chi connectivity index (χ3n) is 1.36. The van der Waals surface area contributed by atoms with Crippen molar-refractivity contribution in [2.75, 3.05) is 7.11 Å². The van der Waals surface area contributed by atoms with Crippen LogP contribution in [0.25, 0.3) is 0 Å². The summed E-state index contributed by atoms with van der Waals surface area (Å²) in [6.45, 7) is 0. The molecule has 0 fully saturated rings. The molecule has 0 aliphatic carbocycles. The quantitative estimate of drug-likeness (QED) is 0.472. The molecule has 5 heteroatoms. The van der Waals surface area contributed by atoms with Crippen LogP contribution in [-0.2, 0) is 14.3 Å². The normalized spacial score (nSPS) is 11.5. The highest BCUT2D eigenvalue weighted by Gasteiger charge is 2.14. The first-order valence-corrected chi connectivity index (χ1v) is 3.73. The number of ether oxygens (including phenoxy) is 1. The maximum absolute atomic E-state index is 10.9. The number of esters is 1. The lowest BCUT2D eigenvalue weighted by atomic mass is 10.1. The van der Waals surface area contributed by atoms with Gasteiger partial charge in [-0.1, -0.05) is 0 Å². The fourth-order valence-corrected chi connectivity index (χ4v) is 0.746. The average Bonchev–Trinajstić information content (AvgIpc) is 2.04. The average molecular weight is 185 g/mol. The van der Waals surface area contributed by atoms with Crippen molar-refractivity contribution in [2.45, 2.75) is 25.4 Å². The molecule has 0 aromatic rings. The van der Waals surface area contributed by atoms with E-state index in [0.29, 0.717) is 0 Å². The maximum atomic E-state index is 10.9. The predicted molar refractivity (Wildman–Crippen MR) is 42.5 cm³/mol. The molecule has 1 N–H and O–H groups in total. The lowest BCUT2D eigenvalue weighted by Gasteiger charge is -2.03. The van der Waals surface area contributed by atoms with Crippen molar-refractivity contribution in [1.29, 1.82) is 5.26 Å². The Kier molecular flexibility index (Phi) is 5.48. The molecule has 0 saturated heterocycles. The Bertz CT molecular complexity index is 231. The van der Waals surface area contributed by atoms with Crippen molar-refractivity contribution < 1.29 is 19.4 Å². The van der Waals surface area contributed by atoms with Crippen molar-refractivity contribution in [3.05, 3.63) is 0 Å². The van der Waals surface area contributed by atoms with Crippen LogP contribution in [0.4, 0.5) is 0 Å². The zero-order chi connectivity index (χ0) is 10.3. The molecular formula is C8H11NO4. The van der Waals surface area contributed by atoms with E-state index in [9.17, 15) is 9.59 Å². The fraction of sp³-hybridized carbons (Fsp3) is 0.625. The molecule has 0 unspecified atom stereocenters. The van der Waals surface area contributed by atoms with Crippen molar-refractivity contribution in [3.63, 3.8) is 0 Å². The number of nitriles is 1. The van der Waals surface area contributed by atoms with Crippen LogP contribution in [-0.4, -0.2) is 30.1 Å². The van der Waals surface area contributed by atoms with Crippen molar-refractivity contribution in [1.82, 2.24) is 0 Å². The van der Waals surface area contributed by atoms with E-state index in [1.54, 1.807) is 6.07 Å². The van der Waals surface area contributed by atoms with Crippen LogP contribution in [0.3, 0.4) is 0 Å². The van der Waals surface area contributed by atoms with Crippen LogP contribution in [0, 0.1) is 11.3 Å². The first kappa shape index (κ1) is 11.6. The summed E-state index contributed by atoms with van der Waals surface area (Å²) in [5.74, 6) is -1.05. The zero-order valence-corrected chi connectivity index (χ0v) is 7.32. The minimum atomic E-state index is -0.984. The maximum Gasteiger partial charge on any atom is 0.313 e. The molecule has 0 aliphatic heterocycles. The number of rotatable bonds is 5. The van der Waals surface area contributed by atoms with Gasteiger partial charge in [0.25, 0.3) is 0 Å². The van der Waals surface area contributed by atoms with Crippen molar-refractivity contribution in [2.24, 2.45) is 0 Å². The van der Waals surface area contributed by atoms with E-state index in [4.69, 9.17) is 10.4 Å². The third kappa shape index (κ3) is 5.82. The Morgan fingerprint density at radius 1 is 1.62 bits per heavy atom. The summed E-state index contributed by atoms with van der Waals surface area (Å²) < 4.78 is 4.26. The first-order chi connectivity index (χ1) is 6.10. The van der Waals surface area contributed by atoms with E-state index in [-0.39, 0.29) is 19.3 Å². The second-order valence-electron chi connectivity index (χ2n) is 2.51. The highest BCUT2D eigenvalue weighted by molar-refractivity contribution is 5.95. The van der Waals surface area contributed by atoms with Gasteiger partial charge in [0, 0.05) is 6.42 Å². The van der Waals surface area contributed by atoms with E-state index in [0.717, 1.165) is 0 Å². The minimum Gasteiger partial charge on any atom is -0.469 e. The summed E-state index contributed by atoms with van der Waals surface area (Å²) >= 11 is 0. The lowest BCUT2D eigenvalue weighted by Crippen LogP contribution is -2.16. The van der Waals surface area contributed by atoms with E-state index in [2.05, 4.69) is 4.74 Å². The molecule has 1 atom stereocenters. The molecule has 0 aliphatic rings. The highest BCUT2D eigenvalue weighted by atomic mass is 16.5. The number of hydrogen-bond acceptors (Lipinski definition) is 5. The largest absolute Gasteiger partial charge is 0.469 e. The molecule has 0 aromatic carbocycles. The second-order valence-corrected chi connectivity index (χ2v) is 2.51. The topological polar surface area (TPSA) is 87.4 Å². The van der Waals surface area contributed by atoms with Crippen molar-refractivity contribution >= 4 is 11.8 Å². The first-order valence-electron chi connectivity index (χ1n) is 3.73. The van der Waals surface area contributed by atoms with Crippen LogP contribution < -0.4 is 0 Å². The fourth-order valence-electron chi connectivity index (χ4n) is 0.746. The van der Waals surface area contributed by atoms with Gasteiger partial charge >= 0.3 is 5.97 Å². The van der Waals surface area contributed by atoms with Gasteiger partial charge in [-0.05, 0) is 0 Å². The van der Waals surface area contributed by atoms with Crippen molar-refractivity contribution in [3.8, 4) is 6.07 Å². The van der Waals surface area contributed by atoms with Crippen LogP contribution in [0.1, 0.15) is 19.3 Å². The van der Waals surface area contributed by atoms with E-state index in [1.165, 1.54) is 7.11 Å². The van der Waals surface area contributed by atoms with E-state index >= 15 is 0 Å². The molecular weight excluding hydrogens is 174 g/mol. The Labute approximate surface area is 75.9 Å². The smallest absolute Gasteiger partial charge is 0.313 e. The Hall–Kier alpha value is -1.41. The summed E-state index contributed by atoms with van der Waals surface area (Å²) in [4.78, 5) is 21.5. The summed E-state index contributed by atoms with van der Waals surface area (Å²) in [5.41, 5.74) is 0. The molecule has 13 heavy (non-hydrogen) atoms. The summed E-state index contributed by atoms with van der Waals surface area (Å²) in [6, 6.07) is 1.72. The van der Waals surface area contributed by atoms with Gasteiger partial charge in [-0.3, -0.25) is 9.59 Å². The van der Waals surface area contributed by atoms with Crippen LogP contribution in [0.5, 0.6) is 0 Å². The molecule has 0 radical (unpaired) electrons. The van der Waals surface area contributed by atoms with Gasteiger partial charge in [-0.25, -0.2) is 0 Å². The van der Waals surface area contributed by atoms with Gasteiger partial charge in [-0.15, -0.1) is 0 Å². The van der Waals surface area contributed by atoms with E-state index in [1.807, 2.05) is 0 Å². The summed E-state index contributed by atoms with van der Waals surface area (Å²) in [7, 11) is 1.18. The molecule has 0 rings (SSSR count). The Morgan fingerprint density at radius 2 is 2.23 bits per heavy atom. The number of hydrogen-bond donors (Lipinski definition) is 1. The van der Waals surface area contributed by atoms with Crippen LogP contribution >= 0.6 is 0 Å². The monoisotopic (exact) mass is 185 g/mol. The number of aliphatic hydroxyl groups is 1. The lowest BCUT2D eigenvalue weighted by molar-refractivity contribution is -0.143. The van der Waals surface area contributed by atoms with Gasteiger partial charge in [0.05, 0.1) is 25.7 Å². The van der Waals surface area contributed by atoms with Gasteiger partial charge in [0.15, 0.2) is 0 Å². The predicted octanol–water partition coefficient (Wildman–Crippen LogP) is -0.217. The number of Topliss-reactive ketones (excluding diaryl/α,β-unsaturated/α-hetero) is 1. The van der Waals surface area contributed by atoms with Crippen LogP contribution in [0.2, 0.25) is 0 Å².